The van der Waals surface area contributed by atoms with Crippen molar-refractivity contribution in [2.24, 2.45) is 0 Å². The van der Waals surface area contributed by atoms with Gasteiger partial charge in [0.15, 0.2) is 0 Å². The summed E-state index contributed by atoms with van der Waals surface area (Å²) >= 11 is 0. The molecule has 1 unspecified atom stereocenters. The Kier molecular flexibility index (Phi) is 6.02. The summed E-state index contributed by atoms with van der Waals surface area (Å²) in [7, 11) is 0. The Labute approximate surface area is 177 Å². The molecule has 2 aromatic rings. The molecular weight excluding hydrogens is 406 g/mol. The van der Waals surface area contributed by atoms with Crippen LogP contribution in [0.3, 0.4) is 0 Å². The van der Waals surface area contributed by atoms with Crippen molar-refractivity contribution < 1.29 is 23.2 Å². The molecule has 9 heteroatoms. The Morgan fingerprint density at radius 3 is 2.52 bits per heavy atom. The lowest BCUT2D eigenvalue weighted by Crippen LogP contribution is -2.45. The van der Waals surface area contributed by atoms with E-state index in [1.165, 1.54) is 11.8 Å². The van der Waals surface area contributed by atoms with Crippen molar-refractivity contribution in [3.8, 4) is 6.07 Å². The number of carbonyl (C=O) groups is 3. The minimum Gasteiger partial charge on any atom is -0.319 e. The molecule has 0 aliphatic carbocycles. The summed E-state index contributed by atoms with van der Waals surface area (Å²) < 4.78 is 27.9. The van der Waals surface area contributed by atoms with Gasteiger partial charge in [0.1, 0.15) is 23.7 Å². The standard InChI is InChI=1S/C22H20F2N4O3/c1-14-4-7-16(8-5-14)27(11-3-10-25)19(29)13-28-20(30)22(2,26-21(28)31)17-12-15(23)6-9-18(17)24/h4-9,12H,3,11,13H2,1-2H3,(H,26,31). The minimum absolute atomic E-state index is 0.0476. The lowest BCUT2D eigenvalue weighted by Gasteiger charge is -2.25. The summed E-state index contributed by atoms with van der Waals surface area (Å²) in [4.78, 5) is 40.4. The third kappa shape index (κ3) is 4.23. The van der Waals surface area contributed by atoms with Gasteiger partial charge in [-0.15, -0.1) is 0 Å². The molecule has 0 saturated carbocycles. The molecule has 1 fully saturated rings. The summed E-state index contributed by atoms with van der Waals surface area (Å²) in [6, 6.07) is 10.6. The first-order valence-electron chi connectivity index (χ1n) is 9.51. The van der Waals surface area contributed by atoms with E-state index in [-0.39, 0.29) is 18.5 Å². The Hall–Kier alpha value is -3.80. The monoisotopic (exact) mass is 426 g/mol. The van der Waals surface area contributed by atoms with Crippen molar-refractivity contribution >= 4 is 23.5 Å². The molecule has 1 aliphatic rings. The first kappa shape index (κ1) is 21.9. The molecule has 1 atom stereocenters. The zero-order valence-electron chi connectivity index (χ0n) is 17.0. The molecule has 0 aromatic heterocycles. The number of hydrogen-bond donors (Lipinski definition) is 1. The van der Waals surface area contributed by atoms with Gasteiger partial charge in [0.25, 0.3) is 5.91 Å². The summed E-state index contributed by atoms with van der Waals surface area (Å²) in [6.07, 6.45) is 0.0476. The molecule has 1 N–H and O–H groups in total. The molecule has 3 rings (SSSR count). The summed E-state index contributed by atoms with van der Waals surface area (Å²) in [5, 5.41) is 11.3. The molecule has 160 valence electrons. The quantitative estimate of drug-likeness (QED) is 0.719. The molecule has 1 heterocycles. The summed E-state index contributed by atoms with van der Waals surface area (Å²) in [5.41, 5.74) is -0.707. The zero-order chi connectivity index (χ0) is 22.8. The second-order valence-electron chi connectivity index (χ2n) is 7.36. The zero-order valence-corrected chi connectivity index (χ0v) is 17.0. The van der Waals surface area contributed by atoms with Crippen molar-refractivity contribution in [2.45, 2.75) is 25.8 Å². The summed E-state index contributed by atoms with van der Waals surface area (Å²) in [5.74, 6) is -3.09. The van der Waals surface area contributed by atoms with Crippen LogP contribution in [-0.2, 0) is 15.1 Å². The molecule has 4 amide bonds. The number of aryl methyl sites for hydroxylation is 1. The van der Waals surface area contributed by atoms with Crippen LogP contribution in [0.15, 0.2) is 42.5 Å². The highest BCUT2D eigenvalue weighted by Gasteiger charge is 2.51. The number of nitrogens with one attached hydrogen (secondary N) is 1. The number of rotatable bonds is 6. The average Bonchev–Trinajstić information content (AvgIpc) is 2.95. The van der Waals surface area contributed by atoms with Crippen molar-refractivity contribution in [2.75, 3.05) is 18.0 Å². The van der Waals surface area contributed by atoms with Crippen LogP contribution in [-0.4, -0.2) is 35.8 Å². The molecule has 0 radical (unpaired) electrons. The van der Waals surface area contributed by atoms with Crippen molar-refractivity contribution in [3.05, 3.63) is 65.2 Å². The molecule has 1 aliphatic heterocycles. The number of halogens is 2. The first-order valence-corrected chi connectivity index (χ1v) is 9.51. The number of imide groups is 1. The smallest absolute Gasteiger partial charge is 0.319 e. The molecule has 2 aromatic carbocycles. The van der Waals surface area contributed by atoms with Gasteiger partial charge < -0.3 is 10.2 Å². The van der Waals surface area contributed by atoms with Gasteiger partial charge in [0, 0.05) is 17.8 Å². The van der Waals surface area contributed by atoms with Crippen LogP contribution in [0, 0.1) is 29.9 Å². The van der Waals surface area contributed by atoms with Crippen LogP contribution in [0.1, 0.15) is 24.5 Å². The van der Waals surface area contributed by atoms with Crippen molar-refractivity contribution in [3.63, 3.8) is 0 Å². The number of nitriles is 1. The third-order valence-corrected chi connectivity index (χ3v) is 5.13. The maximum atomic E-state index is 14.3. The number of carbonyl (C=O) groups excluding carboxylic acids is 3. The number of anilines is 1. The Bertz CT molecular complexity index is 1080. The molecule has 31 heavy (non-hydrogen) atoms. The fourth-order valence-corrected chi connectivity index (χ4v) is 3.41. The maximum absolute atomic E-state index is 14.3. The van der Waals surface area contributed by atoms with Gasteiger partial charge in [-0.1, -0.05) is 17.7 Å². The van der Waals surface area contributed by atoms with Gasteiger partial charge >= 0.3 is 6.03 Å². The van der Waals surface area contributed by atoms with Crippen LogP contribution in [0.25, 0.3) is 0 Å². The van der Waals surface area contributed by atoms with Crippen molar-refractivity contribution in [1.82, 2.24) is 10.2 Å². The fourth-order valence-electron chi connectivity index (χ4n) is 3.41. The number of hydrogen-bond acceptors (Lipinski definition) is 4. The Morgan fingerprint density at radius 1 is 1.19 bits per heavy atom. The number of amides is 4. The number of urea groups is 1. The van der Waals surface area contributed by atoms with E-state index in [2.05, 4.69) is 5.32 Å². The average molecular weight is 426 g/mol. The van der Waals surface area contributed by atoms with Gasteiger partial charge in [0.2, 0.25) is 5.91 Å². The van der Waals surface area contributed by atoms with Gasteiger partial charge in [-0.05, 0) is 44.2 Å². The molecular formula is C22H20F2N4O3. The third-order valence-electron chi connectivity index (χ3n) is 5.13. The Balaban J connectivity index is 1.86. The molecule has 0 spiro atoms. The highest BCUT2D eigenvalue weighted by molar-refractivity contribution is 6.10. The van der Waals surface area contributed by atoms with Crippen LogP contribution in [0.2, 0.25) is 0 Å². The van der Waals surface area contributed by atoms with E-state index in [1.54, 1.807) is 24.3 Å². The largest absolute Gasteiger partial charge is 0.325 e. The van der Waals surface area contributed by atoms with Gasteiger partial charge in [-0.3, -0.25) is 14.5 Å². The second kappa shape index (κ2) is 8.52. The summed E-state index contributed by atoms with van der Waals surface area (Å²) in [6.45, 7) is 2.59. The SMILES string of the molecule is Cc1ccc(N(CCC#N)C(=O)CN2C(=O)NC(C)(c3cc(F)ccc3F)C2=O)cc1. The predicted octanol–water partition coefficient (Wildman–Crippen LogP) is 2.99. The van der Waals surface area contributed by atoms with Gasteiger partial charge in [0.05, 0.1) is 12.5 Å². The van der Waals surface area contributed by atoms with Gasteiger partial charge in [-0.25, -0.2) is 13.6 Å². The number of nitrogens with zero attached hydrogens (tertiary/aromatic N) is 3. The van der Waals surface area contributed by atoms with E-state index >= 15 is 0 Å². The molecule has 7 nitrogen and oxygen atoms in total. The van der Waals surface area contributed by atoms with Crippen LogP contribution < -0.4 is 10.2 Å². The van der Waals surface area contributed by atoms with Crippen LogP contribution in [0.5, 0.6) is 0 Å². The van der Waals surface area contributed by atoms with Gasteiger partial charge in [-0.2, -0.15) is 5.26 Å². The maximum Gasteiger partial charge on any atom is 0.325 e. The highest BCUT2D eigenvalue weighted by atomic mass is 19.1. The topological polar surface area (TPSA) is 93.5 Å². The predicted molar refractivity (Wildman–Crippen MR) is 108 cm³/mol. The van der Waals surface area contributed by atoms with Crippen LogP contribution >= 0.6 is 0 Å². The van der Waals surface area contributed by atoms with Crippen LogP contribution in [0.4, 0.5) is 19.3 Å². The molecule has 0 bridgehead atoms. The van der Waals surface area contributed by atoms with E-state index in [4.69, 9.17) is 5.26 Å². The van der Waals surface area contributed by atoms with E-state index in [1.807, 2.05) is 13.0 Å². The Morgan fingerprint density at radius 2 is 1.87 bits per heavy atom. The van der Waals surface area contributed by atoms with E-state index < -0.39 is 41.6 Å². The lowest BCUT2D eigenvalue weighted by atomic mass is 9.91. The second-order valence-corrected chi connectivity index (χ2v) is 7.36. The van der Waals surface area contributed by atoms with E-state index in [0.717, 1.165) is 23.8 Å². The van der Waals surface area contributed by atoms with E-state index in [0.29, 0.717) is 10.6 Å². The highest BCUT2D eigenvalue weighted by Crippen LogP contribution is 2.31. The normalized spacial score (nSPS) is 18.0. The lowest BCUT2D eigenvalue weighted by molar-refractivity contribution is -0.134. The van der Waals surface area contributed by atoms with E-state index in [9.17, 15) is 23.2 Å². The fraction of sp³-hybridized carbons (Fsp3) is 0.273. The minimum atomic E-state index is -1.86. The van der Waals surface area contributed by atoms with Crippen molar-refractivity contribution in [1.29, 1.82) is 5.26 Å². The molecule has 1 saturated heterocycles. The first-order chi connectivity index (χ1) is 14.7. The number of benzene rings is 2.